The first-order valence-electron chi connectivity index (χ1n) is 6.27. The molecule has 1 amide bonds. The van der Waals surface area contributed by atoms with Crippen LogP contribution < -0.4 is 11.1 Å². The van der Waals surface area contributed by atoms with E-state index in [4.69, 9.17) is 10.2 Å². The van der Waals surface area contributed by atoms with Crippen molar-refractivity contribution in [2.45, 2.75) is 0 Å². The van der Waals surface area contributed by atoms with Crippen LogP contribution in [0.15, 0.2) is 59.3 Å². The first-order chi connectivity index (χ1) is 10.2. The average Bonchev–Trinajstić information content (AvgIpc) is 3.03. The number of nitrogen functional groups attached to an aromatic ring is 1. The fraction of sp³-hybridized carbons (Fsp3) is 0. The summed E-state index contributed by atoms with van der Waals surface area (Å²) in [5.41, 5.74) is 6.91. The molecule has 104 valence electrons. The molecule has 0 spiro atoms. The Labute approximate surface area is 120 Å². The normalized spacial score (nSPS) is 10.3. The molecule has 2 aromatic heterocycles. The van der Waals surface area contributed by atoms with E-state index in [0.717, 1.165) is 0 Å². The van der Waals surface area contributed by atoms with Crippen LogP contribution >= 0.6 is 0 Å². The predicted molar refractivity (Wildman–Crippen MR) is 78.5 cm³/mol. The van der Waals surface area contributed by atoms with Crippen LogP contribution in [0.1, 0.15) is 10.5 Å². The van der Waals surface area contributed by atoms with Crippen molar-refractivity contribution < 1.29 is 9.21 Å². The van der Waals surface area contributed by atoms with Gasteiger partial charge in [0.2, 0.25) is 0 Å². The van der Waals surface area contributed by atoms with Crippen molar-refractivity contribution in [1.82, 2.24) is 9.97 Å². The molecule has 3 aromatic rings. The Hall–Kier alpha value is -3.15. The summed E-state index contributed by atoms with van der Waals surface area (Å²) >= 11 is 0. The highest BCUT2D eigenvalue weighted by molar-refractivity contribution is 6.05. The van der Waals surface area contributed by atoms with Crippen molar-refractivity contribution in [2.75, 3.05) is 11.1 Å². The van der Waals surface area contributed by atoms with Crippen LogP contribution in [0.4, 0.5) is 11.5 Å². The molecule has 2 heterocycles. The zero-order valence-corrected chi connectivity index (χ0v) is 11.0. The number of anilines is 2. The molecule has 1 aromatic carbocycles. The highest BCUT2D eigenvalue weighted by atomic mass is 16.3. The van der Waals surface area contributed by atoms with Gasteiger partial charge in [0.25, 0.3) is 5.91 Å². The number of nitrogens with zero attached hydrogens (tertiary/aromatic N) is 2. The molecule has 3 rings (SSSR count). The second kappa shape index (κ2) is 5.46. The maximum Gasteiger partial charge on any atom is 0.278 e. The molecule has 0 saturated carbocycles. The fourth-order valence-corrected chi connectivity index (χ4v) is 1.82. The van der Waals surface area contributed by atoms with E-state index in [1.54, 1.807) is 24.3 Å². The van der Waals surface area contributed by atoms with E-state index in [-0.39, 0.29) is 11.5 Å². The average molecular weight is 280 g/mol. The summed E-state index contributed by atoms with van der Waals surface area (Å²) in [6, 6.07) is 12.5. The van der Waals surface area contributed by atoms with E-state index in [0.29, 0.717) is 17.1 Å². The van der Waals surface area contributed by atoms with Gasteiger partial charge in [0.1, 0.15) is 5.69 Å². The molecule has 21 heavy (non-hydrogen) atoms. The fourth-order valence-electron chi connectivity index (χ4n) is 1.82. The number of furan rings is 1. The zero-order valence-electron chi connectivity index (χ0n) is 11.0. The minimum absolute atomic E-state index is 0.0627. The van der Waals surface area contributed by atoms with Gasteiger partial charge in [-0.3, -0.25) is 4.79 Å². The van der Waals surface area contributed by atoms with Gasteiger partial charge in [-0.25, -0.2) is 9.97 Å². The van der Waals surface area contributed by atoms with E-state index in [1.165, 1.54) is 12.5 Å². The van der Waals surface area contributed by atoms with Gasteiger partial charge in [-0.05, 0) is 24.3 Å². The Morgan fingerprint density at radius 2 is 1.95 bits per heavy atom. The number of carbonyl (C=O) groups is 1. The van der Waals surface area contributed by atoms with Gasteiger partial charge in [-0.1, -0.05) is 18.2 Å². The molecule has 3 N–H and O–H groups in total. The van der Waals surface area contributed by atoms with Crippen molar-refractivity contribution in [3.8, 4) is 11.5 Å². The summed E-state index contributed by atoms with van der Waals surface area (Å²) in [6.45, 7) is 0. The van der Waals surface area contributed by atoms with Crippen LogP contribution in [-0.2, 0) is 0 Å². The summed E-state index contributed by atoms with van der Waals surface area (Å²) in [5.74, 6) is 0.176. The number of nitrogens with two attached hydrogens (primary N) is 1. The SMILES string of the molecule is Nc1ncc(-c2ccco2)nc1C(=O)Nc1ccccc1. The van der Waals surface area contributed by atoms with Crippen LogP contribution in [-0.4, -0.2) is 15.9 Å². The molecule has 0 aliphatic rings. The summed E-state index contributed by atoms with van der Waals surface area (Å²) < 4.78 is 5.24. The van der Waals surface area contributed by atoms with Gasteiger partial charge in [-0.15, -0.1) is 0 Å². The topological polar surface area (TPSA) is 94.0 Å². The molecular weight excluding hydrogens is 268 g/mol. The van der Waals surface area contributed by atoms with Crippen molar-refractivity contribution in [3.05, 3.63) is 60.6 Å². The maximum atomic E-state index is 12.2. The summed E-state index contributed by atoms with van der Waals surface area (Å²) in [6.07, 6.45) is 2.99. The quantitative estimate of drug-likeness (QED) is 0.769. The van der Waals surface area contributed by atoms with E-state index in [9.17, 15) is 4.79 Å². The second-order valence-electron chi connectivity index (χ2n) is 4.29. The van der Waals surface area contributed by atoms with E-state index < -0.39 is 5.91 Å². The van der Waals surface area contributed by atoms with Crippen molar-refractivity contribution in [1.29, 1.82) is 0 Å². The van der Waals surface area contributed by atoms with Gasteiger partial charge in [0.05, 0.1) is 12.5 Å². The molecule has 0 atom stereocenters. The Morgan fingerprint density at radius 3 is 2.67 bits per heavy atom. The highest BCUT2D eigenvalue weighted by Crippen LogP contribution is 2.19. The van der Waals surface area contributed by atoms with Gasteiger partial charge >= 0.3 is 0 Å². The molecule has 6 heteroatoms. The van der Waals surface area contributed by atoms with E-state index in [1.807, 2.05) is 18.2 Å². The summed E-state index contributed by atoms with van der Waals surface area (Å²) in [7, 11) is 0. The smallest absolute Gasteiger partial charge is 0.278 e. The van der Waals surface area contributed by atoms with Crippen LogP contribution in [0.2, 0.25) is 0 Å². The van der Waals surface area contributed by atoms with Crippen LogP contribution in [0, 0.1) is 0 Å². The molecule has 0 unspecified atom stereocenters. The number of amides is 1. The lowest BCUT2D eigenvalue weighted by atomic mass is 10.3. The minimum Gasteiger partial charge on any atom is -0.463 e. The van der Waals surface area contributed by atoms with Crippen LogP contribution in [0.3, 0.4) is 0 Å². The molecule has 0 aliphatic carbocycles. The number of carbonyl (C=O) groups excluding carboxylic acids is 1. The lowest BCUT2D eigenvalue weighted by molar-refractivity contribution is 0.102. The molecule has 0 radical (unpaired) electrons. The molecular formula is C15H12N4O2. The first kappa shape index (κ1) is 12.9. The third-order valence-electron chi connectivity index (χ3n) is 2.82. The molecule has 0 saturated heterocycles. The largest absolute Gasteiger partial charge is 0.463 e. The standard InChI is InChI=1S/C15H12N4O2/c16-14-13(15(20)18-10-5-2-1-3-6-10)19-11(9-17-14)12-7-4-8-21-12/h1-9H,(H2,16,17)(H,18,20). The Morgan fingerprint density at radius 1 is 1.14 bits per heavy atom. The van der Waals surface area contributed by atoms with Gasteiger partial charge in [0.15, 0.2) is 17.3 Å². The molecule has 0 bridgehead atoms. The van der Waals surface area contributed by atoms with Crippen molar-refractivity contribution in [3.63, 3.8) is 0 Å². The Kier molecular flexibility index (Phi) is 3.34. The van der Waals surface area contributed by atoms with Crippen molar-refractivity contribution >= 4 is 17.4 Å². The molecule has 0 fully saturated rings. The van der Waals surface area contributed by atoms with Gasteiger partial charge in [-0.2, -0.15) is 0 Å². The Bertz CT molecular complexity index is 755. The predicted octanol–water partition coefficient (Wildman–Crippen LogP) is 2.57. The van der Waals surface area contributed by atoms with E-state index >= 15 is 0 Å². The van der Waals surface area contributed by atoms with E-state index in [2.05, 4.69) is 15.3 Å². The molecule has 0 aliphatic heterocycles. The summed E-state index contributed by atoms with van der Waals surface area (Å²) in [4.78, 5) is 20.4. The van der Waals surface area contributed by atoms with Gasteiger partial charge in [0, 0.05) is 5.69 Å². The van der Waals surface area contributed by atoms with Crippen LogP contribution in [0.5, 0.6) is 0 Å². The third kappa shape index (κ3) is 2.74. The number of hydrogen-bond acceptors (Lipinski definition) is 5. The minimum atomic E-state index is -0.417. The summed E-state index contributed by atoms with van der Waals surface area (Å²) in [5, 5.41) is 2.72. The number of aromatic nitrogens is 2. The number of benzene rings is 1. The Balaban J connectivity index is 1.91. The number of hydrogen-bond donors (Lipinski definition) is 2. The lowest BCUT2D eigenvalue weighted by Gasteiger charge is -2.07. The first-order valence-corrected chi connectivity index (χ1v) is 6.27. The third-order valence-corrected chi connectivity index (χ3v) is 2.82. The second-order valence-corrected chi connectivity index (χ2v) is 4.29. The van der Waals surface area contributed by atoms with Gasteiger partial charge < -0.3 is 15.5 Å². The molecule has 6 nitrogen and oxygen atoms in total. The highest BCUT2D eigenvalue weighted by Gasteiger charge is 2.15. The number of nitrogens with one attached hydrogen (secondary N) is 1. The maximum absolute atomic E-state index is 12.2. The zero-order chi connectivity index (χ0) is 14.7. The lowest BCUT2D eigenvalue weighted by Crippen LogP contribution is -2.17. The number of para-hydroxylation sites is 1. The van der Waals surface area contributed by atoms with Crippen molar-refractivity contribution in [2.24, 2.45) is 0 Å². The number of rotatable bonds is 3. The van der Waals surface area contributed by atoms with Crippen LogP contribution in [0.25, 0.3) is 11.5 Å². The monoisotopic (exact) mass is 280 g/mol.